The topological polar surface area (TPSA) is 78.9 Å². The fourth-order valence-electron chi connectivity index (χ4n) is 10.2. The monoisotopic (exact) mass is 1070 g/mol. The molecule has 0 aromatic rings. The van der Waals surface area contributed by atoms with E-state index in [0.29, 0.717) is 19.3 Å². The third-order valence-corrected chi connectivity index (χ3v) is 15.4. The van der Waals surface area contributed by atoms with Gasteiger partial charge in [-0.15, -0.1) is 0 Å². The van der Waals surface area contributed by atoms with Gasteiger partial charge >= 0.3 is 17.9 Å². The van der Waals surface area contributed by atoms with Crippen molar-refractivity contribution in [3.63, 3.8) is 0 Å². The summed E-state index contributed by atoms with van der Waals surface area (Å²) in [6.45, 7) is 6.67. The van der Waals surface area contributed by atoms with E-state index in [2.05, 4.69) is 57.2 Å². The van der Waals surface area contributed by atoms with Gasteiger partial charge in [0.2, 0.25) is 0 Å². The van der Waals surface area contributed by atoms with Crippen molar-refractivity contribution in [3.05, 3.63) is 36.5 Å². The van der Waals surface area contributed by atoms with Crippen LogP contribution in [0.2, 0.25) is 0 Å². The average Bonchev–Trinajstić information content (AvgIpc) is 3.42. The average molecular weight is 1070 g/mol. The molecule has 0 aliphatic rings. The lowest BCUT2D eigenvalue weighted by Gasteiger charge is -2.18. The number of esters is 3. The fraction of sp³-hybridized carbons (Fsp3) is 0.871. The fourth-order valence-corrected chi connectivity index (χ4v) is 10.2. The smallest absolute Gasteiger partial charge is 0.306 e. The summed E-state index contributed by atoms with van der Waals surface area (Å²) in [6, 6.07) is 0. The van der Waals surface area contributed by atoms with Crippen molar-refractivity contribution in [2.24, 2.45) is 0 Å². The highest BCUT2D eigenvalue weighted by Crippen LogP contribution is 2.18. The third kappa shape index (κ3) is 62.5. The van der Waals surface area contributed by atoms with Gasteiger partial charge in [0.25, 0.3) is 0 Å². The first kappa shape index (κ1) is 73.6. The van der Waals surface area contributed by atoms with Gasteiger partial charge in [0, 0.05) is 19.3 Å². The number of allylic oxidation sites excluding steroid dienone is 6. The zero-order valence-corrected chi connectivity index (χ0v) is 51.3. The first-order valence-electron chi connectivity index (χ1n) is 34.0. The first-order chi connectivity index (χ1) is 37.5. The number of carbonyl (C=O) groups excluding carboxylic acids is 3. The quantitative estimate of drug-likeness (QED) is 0.0261. The number of carbonyl (C=O) groups is 3. The van der Waals surface area contributed by atoms with E-state index < -0.39 is 6.10 Å². The molecule has 1 unspecified atom stereocenters. The molecule has 0 saturated heterocycles. The molecule has 0 rings (SSSR count). The first-order valence-corrected chi connectivity index (χ1v) is 34.0. The Labute approximate surface area is 474 Å². The molecule has 0 fully saturated rings. The van der Waals surface area contributed by atoms with E-state index in [-0.39, 0.29) is 31.1 Å². The maximum absolute atomic E-state index is 12.9. The van der Waals surface area contributed by atoms with Crippen molar-refractivity contribution in [1.29, 1.82) is 0 Å². The highest BCUT2D eigenvalue weighted by Gasteiger charge is 2.19. The van der Waals surface area contributed by atoms with Crippen LogP contribution >= 0.6 is 0 Å². The summed E-state index contributed by atoms with van der Waals surface area (Å²) >= 11 is 0. The molecule has 0 aliphatic carbocycles. The van der Waals surface area contributed by atoms with E-state index in [1.54, 1.807) is 0 Å². The molecule has 0 heterocycles. The summed E-state index contributed by atoms with van der Waals surface area (Å²) in [4.78, 5) is 38.2. The van der Waals surface area contributed by atoms with Crippen LogP contribution in [0.25, 0.3) is 0 Å². The standard InChI is InChI=1S/C70H130O6/c1-4-7-10-13-16-19-22-24-26-28-29-30-31-32-33-34-35-36-37-38-39-40-41-43-44-46-48-51-54-57-60-63-69(72)75-66-67(65-74-68(71)62-59-56-53-50-21-18-15-12-9-6-3)76-70(73)64-61-58-55-52-49-47-45-42-27-25-23-20-17-14-11-8-5-2/h22,24-25,27-29,67H,4-21,23,26,30-66H2,1-3H3/b24-22-,27-25-,29-28-. The Morgan fingerprint density at radius 1 is 0.263 bits per heavy atom. The maximum atomic E-state index is 12.9. The largest absolute Gasteiger partial charge is 0.462 e. The molecule has 0 radical (unpaired) electrons. The van der Waals surface area contributed by atoms with Gasteiger partial charge in [-0.1, -0.05) is 314 Å². The van der Waals surface area contributed by atoms with Gasteiger partial charge in [-0.3, -0.25) is 14.4 Å². The van der Waals surface area contributed by atoms with Crippen molar-refractivity contribution in [2.45, 2.75) is 380 Å². The van der Waals surface area contributed by atoms with E-state index in [9.17, 15) is 14.4 Å². The van der Waals surface area contributed by atoms with Crippen molar-refractivity contribution in [3.8, 4) is 0 Å². The molecule has 0 aromatic carbocycles. The van der Waals surface area contributed by atoms with Crippen LogP contribution in [0.4, 0.5) is 0 Å². The van der Waals surface area contributed by atoms with Crippen LogP contribution in [0.15, 0.2) is 36.5 Å². The molecule has 0 N–H and O–H groups in total. The predicted molar refractivity (Wildman–Crippen MR) is 330 cm³/mol. The molecule has 0 aliphatic heterocycles. The van der Waals surface area contributed by atoms with Crippen LogP contribution in [-0.2, 0) is 28.6 Å². The van der Waals surface area contributed by atoms with Gasteiger partial charge in [-0.25, -0.2) is 0 Å². The van der Waals surface area contributed by atoms with Crippen molar-refractivity contribution < 1.29 is 28.6 Å². The second kappa shape index (κ2) is 65.2. The summed E-state index contributed by atoms with van der Waals surface area (Å²) in [5, 5.41) is 0. The lowest BCUT2D eigenvalue weighted by molar-refractivity contribution is -0.167. The van der Waals surface area contributed by atoms with E-state index in [1.807, 2.05) is 0 Å². The zero-order valence-electron chi connectivity index (χ0n) is 51.3. The maximum Gasteiger partial charge on any atom is 0.306 e. The summed E-state index contributed by atoms with van der Waals surface area (Å²) < 4.78 is 16.9. The zero-order chi connectivity index (χ0) is 55.0. The van der Waals surface area contributed by atoms with Gasteiger partial charge in [-0.05, 0) is 77.0 Å². The second-order valence-electron chi connectivity index (χ2n) is 23.1. The minimum Gasteiger partial charge on any atom is -0.462 e. The summed E-state index contributed by atoms with van der Waals surface area (Å²) in [6.07, 6.45) is 80.4. The number of hydrogen-bond acceptors (Lipinski definition) is 6. The highest BCUT2D eigenvalue weighted by molar-refractivity contribution is 5.71. The van der Waals surface area contributed by atoms with Gasteiger partial charge in [0.1, 0.15) is 13.2 Å². The normalized spacial score (nSPS) is 12.2. The molecular weight excluding hydrogens is 937 g/mol. The Kier molecular flexibility index (Phi) is 63.1. The number of ether oxygens (including phenoxy) is 3. The van der Waals surface area contributed by atoms with E-state index in [0.717, 1.165) is 64.2 Å². The summed E-state index contributed by atoms with van der Waals surface area (Å²) in [7, 11) is 0. The van der Waals surface area contributed by atoms with Crippen LogP contribution in [-0.4, -0.2) is 37.2 Å². The van der Waals surface area contributed by atoms with Crippen LogP contribution in [0.1, 0.15) is 374 Å². The Hall–Kier alpha value is -2.37. The van der Waals surface area contributed by atoms with Crippen molar-refractivity contribution in [1.82, 2.24) is 0 Å². The molecule has 0 amide bonds. The van der Waals surface area contributed by atoms with E-state index >= 15 is 0 Å². The lowest BCUT2D eigenvalue weighted by atomic mass is 10.0. The molecule has 446 valence electrons. The third-order valence-electron chi connectivity index (χ3n) is 15.4. The second-order valence-corrected chi connectivity index (χ2v) is 23.1. The minimum absolute atomic E-state index is 0.0683. The lowest BCUT2D eigenvalue weighted by Crippen LogP contribution is -2.30. The molecule has 0 bridgehead atoms. The van der Waals surface area contributed by atoms with Gasteiger partial charge in [0.15, 0.2) is 6.10 Å². The number of rotatable bonds is 63. The van der Waals surface area contributed by atoms with Crippen LogP contribution in [0.3, 0.4) is 0 Å². The SMILES string of the molecule is CCCCCCC/C=C\C/C=C\CCCCCCCCCCCCCCCCCCCCCC(=O)OCC(COC(=O)CCCCCCCCCCCC)OC(=O)CCCCCCCCC/C=C\CCCCCCCC. The van der Waals surface area contributed by atoms with Crippen LogP contribution in [0.5, 0.6) is 0 Å². The molecule has 0 spiro atoms. The molecule has 0 saturated carbocycles. The Bertz CT molecular complexity index is 1270. The van der Waals surface area contributed by atoms with E-state index in [4.69, 9.17) is 14.2 Å². The molecule has 0 aromatic heterocycles. The minimum atomic E-state index is -0.770. The molecule has 76 heavy (non-hydrogen) atoms. The Morgan fingerprint density at radius 3 is 0.737 bits per heavy atom. The van der Waals surface area contributed by atoms with Crippen LogP contribution < -0.4 is 0 Å². The Balaban J connectivity index is 4.08. The van der Waals surface area contributed by atoms with Crippen molar-refractivity contribution >= 4 is 17.9 Å². The molecular formula is C70H130O6. The molecule has 1 atom stereocenters. The molecule has 6 heteroatoms. The van der Waals surface area contributed by atoms with Gasteiger partial charge < -0.3 is 14.2 Å². The molecule has 6 nitrogen and oxygen atoms in total. The Morgan fingerprint density at radius 2 is 0.474 bits per heavy atom. The highest BCUT2D eigenvalue weighted by atomic mass is 16.6. The van der Waals surface area contributed by atoms with Gasteiger partial charge in [-0.2, -0.15) is 0 Å². The van der Waals surface area contributed by atoms with Crippen LogP contribution in [0, 0.1) is 0 Å². The van der Waals surface area contributed by atoms with Crippen molar-refractivity contribution in [2.75, 3.05) is 13.2 Å². The van der Waals surface area contributed by atoms with Gasteiger partial charge in [0.05, 0.1) is 0 Å². The number of unbranched alkanes of at least 4 members (excludes halogenated alkanes) is 46. The number of hydrogen-bond donors (Lipinski definition) is 0. The van der Waals surface area contributed by atoms with E-state index in [1.165, 1.54) is 270 Å². The summed E-state index contributed by atoms with van der Waals surface area (Å²) in [5.41, 5.74) is 0. The summed E-state index contributed by atoms with van der Waals surface area (Å²) in [5.74, 6) is -0.850. The predicted octanol–water partition coefficient (Wildman–Crippen LogP) is 23.2.